The van der Waals surface area contributed by atoms with E-state index in [1.807, 2.05) is 30.3 Å². The van der Waals surface area contributed by atoms with Crippen LogP contribution >= 0.6 is 0 Å². The molecule has 4 N–H and O–H groups in total. The van der Waals surface area contributed by atoms with Crippen LogP contribution < -0.4 is 14.9 Å². The Bertz CT molecular complexity index is 1620. The number of fused-ring (bicyclic) bond motifs is 3. The second-order valence-electron chi connectivity index (χ2n) is 8.88. The lowest BCUT2D eigenvalue weighted by molar-refractivity contribution is 0.0793. The maximum atomic E-state index is 12.3. The Kier molecular flexibility index (Phi) is 8.02. The molecule has 0 aliphatic carbocycles. The van der Waals surface area contributed by atoms with E-state index in [0.29, 0.717) is 25.3 Å². The van der Waals surface area contributed by atoms with E-state index in [9.17, 15) is 13.5 Å². The van der Waals surface area contributed by atoms with Crippen LogP contribution in [0.25, 0.3) is 21.8 Å². The van der Waals surface area contributed by atoms with Gasteiger partial charge in [-0.15, -0.1) is 0 Å². The highest BCUT2D eigenvalue weighted by Crippen LogP contribution is 2.28. The maximum Gasteiger partial charge on any atom is 0.262 e. The molecule has 0 bridgehead atoms. The number of aliphatic hydroxyl groups excluding tert-OH is 1. The van der Waals surface area contributed by atoms with Crippen LogP contribution in [0, 0.1) is 0 Å². The van der Waals surface area contributed by atoms with Crippen LogP contribution in [0.4, 0.5) is 0 Å². The smallest absolute Gasteiger partial charge is 0.262 e. The van der Waals surface area contributed by atoms with Crippen LogP contribution in [0.1, 0.15) is 17.2 Å². The van der Waals surface area contributed by atoms with Crippen LogP contribution in [-0.2, 0) is 21.5 Å². The number of aliphatic hydroxyl groups is 1. The average Bonchev–Trinajstić information content (AvgIpc) is 3.31. The quantitative estimate of drug-likeness (QED) is 0.140. The molecule has 0 saturated carbocycles. The molecular weight excluding hydrogens is 502 g/mol. The fourth-order valence-electron chi connectivity index (χ4n) is 4.25. The van der Waals surface area contributed by atoms with E-state index in [1.165, 1.54) is 17.5 Å². The van der Waals surface area contributed by atoms with Crippen LogP contribution in [-0.4, -0.2) is 38.2 Å². The number of ether oxygens (including phenoxy) is 1. The van der Waals surface area contributed by atoms with E-state index in [0.717, 1.165) is 27.7 Å². The summed E-state index contributed by atoms with van der Waals surface area (Å²) >= 11 is 0. The highest BCUT2D eigenvalue weighted by molar-refractivity contribution is 7.89. The second-order valence-corrected chi connectivity index (χ2v) is 10.5. The lowest BCUT2D eigenvalue weighted by Gasteiger charge is -2.14. The number of aromatic amines is 1. The lowest BCUT2D eigenvalue weighted by atomic mass is 10.1. The molecule has 0 aliphatic rings. The number of hydrogen-bond acceptors (Lipinski definition) is 6. The first-order valence-corrected chi connectivity index (χ1v) is 13.8. The molecule has 1 atom stereocenters. The van der Waals surface area contributed by atoms with Gasteiger partial charge >= 0.3 is 0 Å². The number of nitrogens with one attached hydrogen (secondary N) is 3. The Morgan fingerprint density at radius 2 is 1.63 bits per heavy atom. The van der Waals surface area contributed by atoms with Crippen molar-refractivity contribution in [3.63, 3.8) is 0 Å². The molecule has 0 aliphatic heterocycles. The highest BCUT2D eigenvalue weighted by atomic mass is 32.2. The fraction of sp³-hybridized carbons (Fsp3) is 0.172. The van der Waals surface area contributed by atoms with Crippen molar-refractivity contribution < 1.29 is 23.1 Å². The van der Waals surface area contributed by atoms with Gasteiger partial charge in [-0.05, 0) is 41.5 Å². The van der Waals surface area contributed by atoms with E-state index in [1.54, 1.807) is 36.4 Å². The summed E-state index contributed by atoms with van der Waals surface area (Å²) in [6.45, 7) is 1.38. The molecule has 0 saturated heterocycles. The monoisotopic (exact) mass is 531 g/mol. The number of para-hydroxylation sites is 1. The minimum atomic E-state index is -3.76. The van der Waals surface area contributed by atoms with Crippen molar-refractivity contribution >= 4 is 31.8 Å². The molecule has 4 aromatic carbocycles. The molecular formula is C29H29N3O5S. The number of hydrogen-bond donors (Lipinski definition) is 4. The maximum absolute atomic E-state index is 12.3. The number of sulfonamides is 1. The lowest BCUT2D eigenvalue weighted by Crippen LogP contribution is -2.26. The summed E-state index contributed by atoms with van der Waals surface area (Å²) in [5.41, 5.74) is 3.56. The predicted molar refractivity (Wildman–Crippen MR) is 147 cm³/mol. The molecule has 0 fully saturated rings. The average molecular weight is 532 g/mol. The zero-order valence-electron chi connectivity index (χ0n) is 20.6. The van der Waals surface area contributed by atoms with Crippen molar-refractivity contribution in [3.05, 3.63) is 108 Å². The molecule has 0 radical (unpaired) electrons. The summed E-state index contributed by atoms with van der Waals surface area (Å²) in [6, 6.07) is 29.4. The first-order chi connectivity index (χ1) is 18.5. The van der Waals surface area contributed by atoms with Crippen LogP contribution in [0.5, 0.6) is 5.75 Å². The van der Waals surface area contributed by atoms with Crippen molar-refractivity contribution in [3.8, 4) is 5.75 Å². The Labute approximate surface area is 221 Å². The van der Waals surface area contributed by atoms with Gasteiger partial charge in [-0.3, -0.25) is 4.84 Å². The Morgan fingerprint density at radius 1 is 0.842 bits per heavy atom. The summed E-state index contributed by atoms with van der Waals surface area (Å²) in [5.74, 6) is 0.780. The van der Waals surface area contributed by atoms with E-state index >= 15 is 0 Å². The summed E-state index contributed by atoms with van der Waals surface area (Å²) in [6.07, 6.45) is -0.737. The van der Waals surface area contributed by atoms with Crippen molar-refractivity contribution in [2.75, 3.05) is 19.7 Å². The molecule has 9 heteroatoms. The van der Waals surface area contributed by atoms with Gasteiger partial charge in [0.25, 0.3) is 10.0 Å². The molecule has 8 nitrogen and oxygen atoms in total. The molecule has 38 heavy (non-hydrogen) atoms. The van der Waals surface area contributed by atoms with E-state index in [-0.39, 0.29) is 11.5 Å². The molecule has 0 spiro atoms. The zero-order chi connectivity index (χ0) is 26.4. The van der Waals surface area contributed by atoms with Crippen LogP contribution in [0.15, 0.2) is 102 Å². The molecule has 1 aromatic heterocycles. The van der Waals surface area contributed by atoms with E-state index in [2.05, 4.69) is 33.4 Å². The summed E-state index contributed by atoms with van der Waals surface area (Å²) in [7, 11) is -3.76. The standard InChI is InChI=1S/C29H29N3O5S/c33-29(22-8-6-7-21(17-22)20-37-32-38(34,35)24-9-2-1-3-10-24)19-30-15-16-36-23-13-14-26-25-11-4-5-12-27(25)31-28(26)18-23/h1-14,17-18,29-33H,15-16,19-20H2. The fourth-order valence-corrected chi connectivity index (χ4v) is 5.08. The minimum absolute atomic E-state index is 0.0224. The van der Waals surface area contributed by atoms with Gasteiger partial charge in [-0.1, -0.05) is 65.5 Å². The number of H-pyrrole nitrogens is 1. The first-order valence-electron chi connectivity index (χ1n) is 12.3. The Hall–Kier alpha value is -3.73. The van der Waals surface area contributed by atoms with E-state index < -0.39 is 16.1 Å². The van der Waals surface area contributed by atoms with Gasteiger partial charge in [-0.2, -0.15) is 0 Å². The molecule has 1 unspecified atom stereocenters. The molecule has 1 heterocycles. The van der Waals surface area contributed by atoms with Gasteiger partial charge in [-0.25, -0.2) is 8.42 Å². The number of benzene rings is 4. The number of aromatic nitrogens is 1. The third kappa shape index (κ3) is 6.21. The Balaban J connectivity index is 1.06. The third-order valence-corrected chi connectivity index (χ3v) is 7.39. The van der Waals surface area contributed by atoms with Gasteiger partial charge in [0.1, 0.15) is 12.4 Å². The van der Waals surface area contributed by atoms with Crippen molar-refractivity contribution in [2.24, 2.45) is 0 Å². The molecule has 0 amide bonds. The summed E-state index contributed by atoms with van der Waals surface area (Å²) in [4.78, 5) is 10.9. The van der Waals surface area contributed by atoms with Crippen molar-refractivity contribution in [1.82, 2.24) is 15.2 Å². The first kappa shape index (κ1) is 25.9. The van der Waals surface area contributed by atoms with Gasteiger partial charge in [0, 0.05) is 35.4 Å². The van der Waals surface area contributed by atoms with Crippen LogP contribution in [0.3, 0.4) is 0 Å². The van der Waals surface area contributed by atoms with Crippen molar-refractivity contribution in [2.45, 2.75) is 17.6 Å². The summed E-state index contributed by atoms with van der Waals surface area (Å²) in [5, 5.41) is 16.2. The van der Waals surface area contributed by atoms with Gasteiger partial charge in [0.05, 0.1) is 23.1 Å². The minimum Gasteiger partial charge on any atom is -0.492 e. The second kappa shape index (κ2) is 11.8. The molecule has 196 valence electrons. The molecule has 5 rings (SSSR count). The SMILES string of the molecule is O=S(=O)(NOCc1cccc(C(O)CNCCOc2ccc3c(c2)[nH]c2ccccc23)c1)c1ccccc1. The van der Waals surface area contributed by atoms with Gasteiger partial charge in [0.15, 0.2) is 0 Å². The van der Waals surface area contributed by atoms with Crippen molar-refractivity contribution in [1.29, 1.82) is 0 Å². The third-order valence-electron chi connectivity index (χ3n) is 6.16. The highest BCUT2D eigenvalue weighted by Gasteiger charge is 2.14. The zero-order valence-corrected chi connectivity index (χ0v) is 21.4. The van der Waals surface area contributed by atoms with E-state index in [4.69, 9.17) is 9.57 Å². The van der Waals surface area contributed by atoms with Crippen LogP contribution in [0.2, 0.25) is 0 Å². The normalized spacial score (nSPS) is 12.7. The number of rotatable bonds is 12. The Morgan fingerprint density at radius 3 is 2.50 bits per heavy atom. The van der Waals surface area contributed by atoms with Gasteiger partial charge in [0.2, 0.25) is 0 Å². The predicted octanol–water partition coefficient (Wildman–Crippen LogP) is 4.43. The molecule has 5 aromatic rings. The summed E-state index contributed by atoms with van der Waals surface area (Å²) < 4.78 is 30.4. The van der Waals surface area contributed by atoms with Gasteiger partial charge < -0.3 is 20.1 Å². The topological polar surface area (TPSA) is 113 Å². The largest absolute Gasteiger partial charge is 0.492 e.